The van der Waals surface area contributed by atoms with Gasteiger partial charge in [-0.15, -0.1) is 0 Å². The summed E-state index contributed by atoms with van der Waals surface area (Å²) in [6.07, 6.45) is 3.57. The zero-order chi connectivity index (χ0) is 11.5. The van der Waals surface area contributed by atoms with E-state index in [1.165, 1.54) is 12.2 Å². The van der Waals surface area contributed by atoms with Gasteiger partial charge in [0.15, 0.2) is 11.4 Å². The Balaban J connectivity index is 2.09. The molecule has 1 amide bonds. The number of aliphatic hydroxyl groups is 1. The van der Waals surface area contributed by atoms with E-state index >= 15 is 0 Å². The molecule has 84 valence electrons. The summed E-state index contributed by atoms with van der Waals surface area (Å²) in [5.74, 6) is -2.36. The van der Waals surface area contributed by atoms with Gasteiger partial charge in [0, 0.05) is 5.92 Å². The van der Waals surface area contributed by atoms with Gasteiger partial charge in [0.25, 0.3) is 12.2 Å². The van der Waals surface area contributed by atoms with Gasteiger partial charge in [0.05, 0.1) is 5.92 Å². The molecule has 0 saturated carbocycles. The van der Waals surface area contributed by atoms with Gasteiger partial charge in [-0.25, -0.2) is 4.79 Å². The normalized spacial score (nSPS) is 43.4. The first-order valence-corrected chi connectivity index (χ1v) is 4.83. The molecule has 4 atom stereocenters. The molecule has 6 heteroatoms. The Morgan fingerprint density at radius 2 is 2.25 bits per heavy atom. The van der Waals surface area contributed by atoms with Crippen LogP contribution >= 0.6 is 0 Å². The van der Waals surface area contributed by atoms with Crippen LogP contribution in [0.15, 0.2) is 24.0 Å². The summed E-state index contributed by atoms with van der Waals surface area (Å²) >= 11 is 0. The van der Waals surface area contributed by atoms with Gasteiger partial charge in [-0.2, -0.15) is 0 Å². The Bertz CT molecular complexity index is 454. The van der Waals surface area contributed by atoms with Gasteiger partial charge in [-0.05, 0) is 12.2 Å². The number of ether oxygens (including phenoxy) is 2. The quantitative estimate of drug-likeness (QED) is 0.430. The molecule has 16 heavy (non-hydrogen) atoms. The van der Waals surface area contributed by atoms with Gasteiger partial charge in [0.2, 0.25) is 0 Å². The van der Waals surface area contributed by atoms with Crippen molar-refractivity contribution < 1.29 is 24.2 Å². The number of carbonyl (C=O) groups excluding carboxylic acids is 2. The number of esters is 1. The second-order valence-electron chi connectivity index (χ2n) is 4.07. The first-order chi connectivity index (χ1) is 7.52. The number of nitrogens with two attached hydrogens (primary N) is 1. The number of hydrogen-bond donors (Lipinski definition) is 2. The maximum Gasteiger partial charge on any atom is 0.345 e. The third kappa shape index (κ3) is 0.943. The van der Waals surface area contributed by atoms with E-state index in [9.17, 15) is 14.7 Å². The van der Waals surface area contributed by atoms with Crippen molar-refractivity contribution in [2.45, 2.75) is 11.9 Å². The lowest BCUT2D eigenvalue weighted by molar-refractivity contribution is -0.224. The van der Waals surface area contributed by atoms with Crippen molar-refractivity contribution in [3.63, 3.8) is 0 Å². The molecule has 0 aromatic heterocycles. The SMILES string of the molecule is NC(=O)C1=CC2C3C=C[C@@]2(O)C(=O)OC3O1. The number of primary amides is 1. The second kappa shape index (κ2) is 2.65. The van der Waals surface area contributed by atoms with Crippen LogP contribution in [-0.2, 0) is 19.1 Å². The summed E-state index contributed by atoms with van der Waals surface area (Å²) < 4.78 is 10.1. The van der Waals surface area contributed by atoms with Crippen molar-refractivity contribution in [1.29, 1.82) is 0 Å². The average molecular weight is 223 g/mol. The minimum atomic E-state index is -1.69. The minimum absolute atomic E-state index is 0.0686. The Morgan fingerprint density at radius 3 is 2.94 bits per heavy atom. The van der Waals surface area contributed by atoms with Crippen molar-refractivity contribution in [3.05, 3.63) is 24.0 Å². The van der Waals surface area contributed by atoms with E-state index in [1.807, 2.05) is 0 Å². The van der Waals surface area contributed by atoms with Crippen LogP contribution < -0.4 is 5.73 Å². The van der Waals surface area contributed by atoms with Crippen LogP contribution in [-0.4, -0.2) is 28.9 Å². The Labute approximate surface area is 90.3 Å². The molecule has 2 heterocycles. The molecule has 0 aromatic carbocycles. The van der Waals surface area contributed by atoms with Crippen molar-refractivity contribution in [1.82, 2.24) is 0 Å². The fourth-order valence-corrected chi connectivity index (χ4v) is 2.33. The molecular weight excluding hydrogens is 214 g/mol. The van der Waals surface area contributed by atoms with Crippen molar-refractivity contribution >= 4 is 11.9 Å². The third-order valence-electron chi connectivity index (χ3n) is 3.18. The van der Waals surface area contributed by atoms with Crippen molar-refractivity contribution in [2.75, 3.05) is 0 Å². The second-order valence-corrected chi connectivity index (χ2v) is 4.07. The molecule has 3 unspecified atom stereocenters. The maximum absolute atomic E-state index is 11.5. The van der Waals surface area contributed by atoms with E-state index in [0.717, 1.165) is 0 Å². The fraction of sp³-hybridized carbons (Fsp3) is 0.400. The van der Waals surface area contributed by atoms with Gasteiger partial charge in [-0.1, -0.05) is 6.08 Å². The first-order valence-electron chi connectivity index (χ1n) is 4.83. The van der Waals surface area contributed by atoms with E-state index in [1.54, 1.807) is 6.08 Å². The summed E-state index contributed by atoms with van der Waals surface area (Å²) in [5.41, 5.74) is 3.40. The van der Waals surface area contributed by atoms with Crippen LogP contribution in [0.5, 0.6) is 0 Å². The lowest BCUT2D eigenvalue weighted by Gasteiger charge is -2.41. The standard InChI is InChI=1S/C10H9NO5/c11-7(12)6-3-5-4-1-2-10(5,14)9(13)16-8(4)15-6/h1-5,8,14H,(H2,11,12)/t4?,5?,8?,10-/m0/s1. The first kappa shape index (κ1) is 9.41. The van der Waals surface area contributed by atoms with E-state index < -0.39 is 29.7 Å². The molecule has 1 saturated heterocycles. The summed E-state index contributed by atoms with van der Waals surface area (Å²) in [6, 6.07) is 0. The third-order valence-corrected chi connectivity index (χ3v) is 3.18. The van der Waals surface area contributed by atoms with Crippen LogP contribution in [0.2, 0.25) is 0 Å². The van der Waals surface area contributed by atoms with Crippen LogP contribution in [0.3, 0.4) is 0 Å². The average Bonchev–Trinajstić information content (AvgIpc) is 2.50. The van der Waals surface area contributed by atoms with Gasteiger partial charge in [0.1, 0.15) is 0 Å². The zero-order valence-electron chi connectivity index (χ0n) is 8.12. The molecule has 3 rings (SSSR count). The Kier molecular flexibility index (Phi) is 1.56. The fourth-order valence-electron chi connectivity index (χ4n) is 2.33. The molecule has 4 bridgehead atoms. The maximum atomic E-state index is 11.5. The Hall–Kier alpha value is -1.82. The van der Waals surface area contributed by atoms with Crippen molar-refractivity contribution in [2.24, 2.45) is 17.6 Å². The van der Waals surface area contributed by atoms with Gasteiger partial charge in [-0.3, -0.25) is 4.79 Å². The smallest absolute Gasteiger partial charge is 0.345 e. The highest BCUT2D eigenvalue weighted by atomic mass is 16.7. The Morgan fingerprint density at radius 1 is 1.50 bits per heavy atom. The monoisotopic (exact) mass is 223 g/mol. The highest BCUT2D eigenvalue weighted by molar-refractivity contribution is 5.91. The predicted octanol–water partition coefficient (Wildman–Crippen LogP) is -1.20. The molecular formula is C10H9NO5. The highest BCUT2D eigenvalue weighted by Gasteiger charge is 2.59. The van der Waals surface area contributed by atoms with Crippen LogP contribution in [0.4, 0.5) is 0 Å². The zero-order valence-corrected chi connectivity index (χ0v) is 8.12. The van der Waals surface area contributed by atoms with Crippen LogP contribution in [0.1, 0.15) is 0 Å². The number of hydrogen-bond acceptors (Lipinski definition) is 5. The molecule has 3 aliphatic rings. The molecule has 1 aliphatic carbocycles. The predicted molar refractivity (Wildman–Crippen MR) is 49.3 cm³/mol. The van der Waals surface area contributed by atoms with E-state index in [-0.39, 0.29) is 11.7 Å². The summed E-state index contributed by atoms with van der Waals surface area (Å²) in [5, 5.41) is 10.1. The highest BCUT2D eigenvalue weighted by Crippen LogP contribution is 2.47. The summed E-state index contributed by atoms with van der Waals surface area (Å²) in [6.45, 7) is 0. The molecule has 3 N–H and O–H groups in total. The lowest BCUT2D eigenvalue weighted by Crippen LogP contribution is -2.55. The van der Waals surface area contributed by atoms with E-state index in [0.29, 0.717) is 0 Å². The molecule has 0 spiro atoms. The van der Waals surface area contributed by atoms with Gasteiger partial charge >= 0.3 is 5.97 Å². The van der Waals surface area contributed by atoms with E-state index in [4.69, 9.17) is 15.2 Å². The number of amides is 1. The molecule has 0 radical (unpaired) electrons. The van der Waals surface area contributed by atoms with Crippen LogP contribution in [0.25, 0.3) is 0 Å². The van der Waals surface area contributed by atoms with Crippen LogP contribution in [0, 0.1) is 11.8 Å². The molecule has 6 nitrogen and oxygen atoms in total. The molecule has 2 aliphatic heterocycles. The topological polar surface area (TPSA) is 98.9 Å². The summed E-state index contributed by atoms with van der Waals surface area (Å²) in [7, 11) is 0. The van der Waals surface area contributed by atoms with Gasteiger partial charge < -0.3 is 20.3 Å². The number of carbonyl (C=O) groups is 2. The largest absolute Gasteiger partial charge is 0.449 e. The lowest BCUT2D eigenvalue weighted by atomic mass is 9.80. The van der Waals surface area contributed by atoms with E-state index in [2.05, 4.69) is 0 Å². The molecule has 0 aromatic rings. The van der Waals surface area contributed by atoms with Crippen molar-refractivity contribution in [3.8, 4) is 0 Å². The number of rotatable bonds is 1. The molecule has 1 fully saturated rings. The summed E-state index contributed by atoms with van der Waals surface area (Å²) in [4.78, 5) is 22.5. The minimum Gasteiger partial charge on any atom is -0.449 e.